The lowest BCUT2D eigenvalue weighted by Crippen LogP contribution is -2.52. The highest BCUT2D eigenvalue weighted by Crippen LogP contribution is 2.33. The molecular weight excluding hydrogens is 270 g/mol. The van der Waals surface area contributed by atoms with Crippen LogP contribution in [0.25, 0.3) is 0 Å². The molecular formula is C15H23NO3Si. The Bertz CT molecular complexity index is 510. The first-order chi connectivity index (χ1) is 9.34. The van der Waals surface area contributed by atoms with Gasteiger partial charge in [0.2, 0.25) is 6.79 Å². The third kappa shape index (κ3) is 2.88. The number of ether oxygens (including phenoxy) is 2. The maximum absolute atomic E-state index is 12.7. The van der Waals surface area contributed by atoms with Gasteiger partial charge in [-0.05, 0) is 31.7 Å². The van der Waals surface area contributed by atoms with E-state index in [2.05, 4.69) is 38.2 Å². The molecule has 1 aromatic rings. The number of carbonyl (C=O) groups excluding carboxylic acids is 1. The molecule has 1 atom stereocenters. The molecule has 1 aromatic carbocycles. The Morgan fingerprint density at radius 2 is 1.95 bits per heavy atom. The zero-order chi connectivity index (χ0) is 14.9. The van der Waals surface area contributed by atoms with E-state index >= 15 is 0 Å². The van der Waals surface area contributed by atoms with Crippen LogP contribution in [0, 0.1) is 0 Å². The molecule has 1 aliphatic rings. The van der Waals surface area contributed by atoms with Gasteiger partial charge in [0.25, 0.3) is 0 Å². The number of ketones is 1. The monoisotopic (exact) mass is 293 g/mol. The van der Waals surface area contributed by atoms with Crippen molar-refractivity contribution in [3.8, 4) is 11.5 Å². The Kier molecular flexibility index (Phi) is 4.20. The van der Waals surface area contributed by atoms with Crippen LogP contribution < -0.4 is 9.47 Å². The lowest BCUT2D eigenvalue weighted by molar-refractivity contribution is 0.0899. The largest absolute Gasteiger partial charge is 0.454 e. The first-order valence-electron chi connectivity index (χ1n) is 7.01. The Balaban J connectivity index is 2.25. The number of carbonyl (C=O) groups is 1. The molecule has 0 saturated heterocycles. The Morgan fingerprint density at radius 1 is 1.30 bits per heavy atom. The minimum atomic E-state index is -1.50. The summed E-state index contributed by atoms with van der Waals surface area (Å²) in [5.74, 6) is 1.55. The molecule has 1 aliphatic heterocycles. The third-order valence-corrected chi connectivity index (χ3v) is 6.30. The first-order valence-corrected chi connectivity index (χ1v) is 10.5. The second-order valence-corrected chi connectivity index (χ2v) is 11.2. The lowest BCUT2D eigenvalue weighted by Gasteiger charge is -2.36. The summed E-state index contributed by atoms with van der Waals surface area (Å²) >= 11 is 0. The second-order valence-electron chi connectivity index (χ2n) is 6.14. The van der Waals surface area contributed by atoms with E-state index < -0.39 is 8.24 Å². The van der Waals surface area contributed by atoms with Crippen molar-refractivity contribution in [3.63, 3.8) is 0 Å². The summed E-state index contributed by atoms with van der Waals surface area (Å²) in [5.41, 5.74) is 0.700. The van der Waals surface area contributed by atoms with E-state index in [9.17, 15) is 4.79 Å². The van der Waals surface area contributed by atoms with Crippen molar-refractivity contribution in [1.82, 2.24) is 4.57 Å². The van der Waals surface area contributed by atoms with Gasteiger partial charge in [-0.15, -0.1) is 0 Å². The minimum absolute atomic E-state index is 0.0676. The quantitative estimate of drug-likeness (QED) is 0.617. The van der Waals surface area contributed by atoms with Crippen molar-refractivity contribution in [2.75, 3.05) is 13.8 Å². The summed E-state index contributed by atoms with van der Waals surface area (Å²) in [4.78, 5) is 12.7. The van der Waals surface area contributed by atoms with E-state index in [1.165, 1.54) is 0 Å². The van der Waals surface area contributed by atoms with Crippen molar-refractivity contribution in [2.45, 2.75) is 39.0 Å². The fraction of sp³-hybridized carbons (Fsp3) is 0.533. The molecule has 1 unspecified atom stereocenters. The molecule has 5 heteroatoms. The van der Waals surface area contributed by atoms with Gasteiger partial charge >= 0.3 is 0 Å². The first kappa shape index (κ1) is 15.1. The number of nitrogens with zero attached hydrogens (tertiary/aromatic N) is 1. The van der Waals surface area contributed by atoms with Gasteiger partial charge in [0, 0.05) is 5.56 Å². The highest BCUT2D eigenvalue weighted by molar-refractivity contribution is 6.73. The van der Waals surface area contributed by atoms with Gasteiger partial charge in [-0.25, -0.2) is 0 Å². The van der Waals surface area contributed by atoms with Crippen molar-refractivity contribution >= 4 is 14.0 Å². The van der Waals surface area contributed by atoms with Crippen LogP contribution >= 0.6 is 0 Å². The number of hydrogen-bond acceptors (Lipinski definition) is 4. The van der Waals surface area contributed by atoms with E-state index in [0.717, 1.165) is 6.42 Å². The third-order valence-electron chi connectivity index (χ3n) is 3.87. The molecule has 0 N–H and O–H groups in total. The molecule has 110 valence electrons. The Hall–Kier alpha value is -1.33. The number of hydrogen-bond donors (Lipinski definition) is 0. The molecule has 0 fully saturated rings. The number of Topliss-reactive ketones (excluding diaryl/α,β-unsaturated/α-hetero) is 1. The highest BCUT2D eigenvalue weighted by Gasteiger charge is 2.31. The Labute approximate surface area is 121 Å². The summed E-state index contributed by atoms with van der Waals surface area (Å²) in [6.45, 7) is 9.05. The molecule has 0 aromatic heterocycles. The van der Waals surface area contributed by atoms with Gasteiger partial charge in [0.15, 0.2) is 17.3 Å². The van der Waals surface area contributed by atoms with Crippen LogP contribution in [-0.4, -0.2) is 38.5 Å². The summed E-state index contributed by atoms with van der Waals surface area (Å²) in [5, 5.41) is 0. The van der Waals surface area contributed by atoms with Gasteiger partial charge in [0.05, 0.1) is 6.04 Å². The smallest absolute Gasteiger partial charge is 0.231 e. The summed E-state index contributed by atoms with van der Waals surface area (Å²) < 4.78 is 12.9. The van der Waals surface area contributed by atoms with Crippen LogP contribution in [0.5, 0.6) is 11.5 Å². The molecule has 0 amide bonds. The number of rotatable bonds is 5. The topological polar surface area (TPSA) is 38.8 Å². The van der Waals surface area contributed by atoms with Crippen LogP contribution in [0.2, 0.25) is 19.6 Å². The number of fused-ring (bicyclic) bond motifs is 1. The standard InChI is InChI=1S/C15H23NO3Si/c1-6-12(16(2)20(3,4)5)15(17)11-7-8-13-14(9-11)19-10-18-13/h7-9,12H,6,10H2,1-5H3. The van der Waals surface area contributed by atoms with Crippen molar-refractivity contribution in [1.29, 1.82) is 0 Å². The fourth-order valence-electron chi connectivity index (χ4n) is 2.34. The summed E-state index contributed by atoms with van der Waals surface area (Å²) in [7, 11) is 0.557. The number of benzene rings is 1. The van der Waals surface area contributed by atoms with Crippen molar-refractivity contribution in [2.24, 2.45) is 0 Å². The van der Waals surface area contributed by atoms with Gasteiger partial charge in [-0.1, -0.05) is 26.6 Å². The average molecular weight is 293 g/mol. The van der Waals surface area contributed by atoms with Crippen LogP contribution in [0.4, 0.5) is 0 Å². The van der Waals surface area contributed by atoms with Crippen LogP contribution in [-0.2, 0) is 0 Å². The number of likely N-dealkylation sites (N-methyl/N-ethyl adjacent to an activating group) is 1. The maximum Gasteiger partial charge on any atom is 0.231 e. The molecule has 0 aliphatic carbocycles. The van der Waals surface area contributed by atoms with E-state index in [4.69, 9.17) is 9.47 Å². The van der Waals surface area contributed by atoms with Gasteiger partial charge < -0.3 is 14.0 Å². The van der Waals surface area contributed by atoms with Crippen LogP contribution in [0.3, 0.4) is 0 Å². The maximum atomic E-state index is 12.7. The summed E-state index contributed by atoms with van der Waals surface area (Å²) in [6, 6.07) is 5.38. The second kappa shape index (κ2) is 5.58. The lowest BCUT2D eigenvalue weighted by atomic mass is 10.0. The Morgan fingerprint density at radius 3 is 2.55 bits per heavy atom. The van der Waals surface area contributed by atoms with E-state index in [1.807, 2.05) is 12.1 Å². The minimum Gasteiger partial charge on any atom is -0.454 e. The molecule has 1 heterocycles. The zero-order valence-corrected chi connectivity index (χ0v) is 13.9. The fourth-order valence-corrected chi connectivity index (χ4v) is 3.58. The predicted molar refractivity (Wildman–Crippen MR) is 82.1 cm³/mol. The normalized spacial score (nSPS) is 15.5. The van der Waals surface area contributed by atoms with Crippen LogP contribution in [0.15, 0.2) is 18.2 Å². The van der Waals surface area contributed by atoms with Crippen LogP contribution in [0.1, 0.15) is 23.7 Å². The van der Waals surface area contributed by atoms with E-state index in [1.54, 1.807) is 6.07 Å². The SMILES string of the molecule is CCC(C(=O)c1ccc2c(c1)OCO2)N(C)[Si](C)(C)C. The van der Waals surface area contributed by atoms with E-state index in [0.29, 0.717) is 17.1 Å². The predicted octanol–water partition coefficient (Wildman–Crippen LogP) is 3.14. The summed E-state index contributed by atoms with van der Waals surface area (Å²) in [6.07, 6.45) is 0.814. The van der Waals surface area contributed by atoms with Crippen molar-refractivity contribution in [3.05, 3.63) is 23.8 Å². The molecule has 0 bridgehead atoms. The molecule has 2 rings (SSSR count). The molecule has 4 nitrogen and oxygen atoms in total. The van der Waals surface area contributed by atoms with Gasteiger partial charge in [-0.2, -0.15) is 0 Å². The highest BCUT2D eigenvalue weighted by atomic mass is 28.3. The molecule has 20 heavy (non-hydrogen) atoms. The van der Waals surface area contributed by atoms with Gasteiger partial charge in [0.1, 0.15) is 8.24 Å². The van der Waals surface area contributed by atoms with Crippen molar-refractivity contribution < 1.29 is 14.3 Å². The molecule has 0 saturated carbocycles. The van der Waals surface area contributed by atoms with Gasteiger partial charge in [-0.3, -0.25) is 4.79 Å². The zero-order valence-electron chi connectivity index (χ0n) is 12.9. The molecule has 0 spiro atoms. The average Bonchev–Trinajstić information content (AvgIpc) is 2.85. The molecule has 0 radical (unpaired) electrons. The van der Waals surface area contributed by atoms with E-state index in [-0.39, 0.29) is 18.6 Å².